The van der Waals surface area contributed by atoms with Gasteiger partial charge in [-0.25, -0.2) is 0 Å². The number of likely N-dealkylation sites (tertiary alicyclic amines) is 1. The van der Waals surface area contributed by atoms with E-state index in [1.807, 2.05) is 35.2 Å². The highest BCUT2D eigenvalue weighted by Crippen LogP contribution is 2.29. The Morgan fingerprint density at radius 1 is 0.897 bits per heavy atom. The molecule has 3 nitrogen and oxygen atoms in total. The first-order valence-corrected chi connectivity index (χ1v) is 9.89. The standard InChI is InChI=1S/C26H25NO2/c1-19-24(16-20-8-12-23(13-9-20)22-6-4-3-5-7-22)18-27(26(19)28)17-21-10-14-25(29-2)15-11-21/h3-15,24H,1,16-18H2,2H3/t24-/m0/s1. The number of carbonyl (C=O) groups is 1. The van der Waals surface area contributed by atoms with Crippen molar-refractivity contribution in [1.82, 2.24) is 4.90 Å². The molecule has 1 saturated heterocycles. The zero-order chi connectivity index (χ0) is 20.2. The van der Waals surface area contributed by atoms with E-state index in [9.17, 15) is 4.79 Å². The lowest BCUT2D eigenvalue weighted by molar-refractivity contribution is -0.125. The molecule has 0 spiro atoms. The molecule has 0 aliphatic carbocycles. The second-order valence-corrected chi connectivity index (χ2v) is 7.52. The van der Waals surface area contributed by atoms with E-state index in [0.29, 0.717) is 18.7 Å². The number of amides is 1. The van der Waals surface area contributed by atoms with Crippen molar-refractivity contribution in [1.29, 1.82) is 0 Å². The Morgan fingerprint density at radius 2 is 1.52 bits per heavy atom. The van der Waals surface area contributed by atoms with E-state index in [1.54, 1.807) is 7.11 Å². The van der Waals surface area contributed by atoms with Crippen molar-refractivity contribution in [2.45, 2.75) is 13.0 Å². The Morgan fingerprint density at radius 3 is 2.17 bits per heavy atom. The number of benzene rings is 3. The first kappa shape index (κ1) is 19.0. The van der Waals surface area contributed by atoms with Gasteiger partial charge in [0.05, 0.1) is 7.11 Å². The van der Waals surface area contributed by atoms with Crippen LogP contribution in [-0.2, 0) is 17.8 Å². The summed E-state index contributed by atoms with van der Waals surface area (Å²) in [7, 11) is 1.65. The second kappa shape index (κ2) is 8.36. The van der Waals surface area contributed by atoms with Gasteiger partial charge in [0.15, 0.2) is 0 Å². The van der Waals surface area contributed by atoms with Crippen LogP contribution in [0.15, 0.2) is 91.0 Å². The maximum atomic E-state index is 12.7. The molecule has 3 aromatic carbocycles. The van der Waals surface area contributed by atoms with E-state index in [2.05, 4.69) is 55.1 Å². The van der Waals surface area contributed by atoms with E-state index < -0.39 is 0 Å². The van der Waals surface area contributed by atoms with Crippen molar-refractivity contribution in [3.05, 3.63) is 102 Å². The summed E-state index contributed by atoms with van der Waals surface area (Å²) in [5.74, 6) is 1.04. The summed E-state index contributed by atoms with van der Waals surface area (Å²) >= 11 is 0. The van der Waals surface area contributed by atoms with Crippen LogP contribution in [0.5, 0.6) is 5.75 Å². The summed E-state index contributed by atoms with van der Waals surface area (Å²) in [6, 6.07) is 26.8. The minimum Gasteiger partial charge on any atom is -0.497 e. The summed E-state index contributed by atoms with van der Waals surface area (Å²) in [6.07, 6.45) is 0.832. The molecule has 1 heterocycles. The van der Waals surface area contributed by atoms with Gasteiger partial charge in [0, 0.05) is 24.6 Å². The van der Waals surface area contributed by atoms with Crippen LogP contribution in [0.3, 0.4) is 0 Å². The van der Waals surface area contributed by atoms with E-state index in [4.69, 9.17) is 4.74 Å². The Kier molecular flexibility index (Phi) is 5.48. The van der Waals surface area contributed by atoms with Gasteiger partial charge in [0.2, 0.25) is 5.91 Å². The molecule has 3 aromatic rings. The van der Waals surface area contributed by atoms with Gasteiger partial charge in [-0.2, -0.15) is 0 Å². The molecular weight excluding hydrogens is 358 g/mol. The maximum absolute atomic E-state index is 12.7. The largest absolute Gasteiger partial charge is 0.497 e. The van der Waals surface area contributed by atoms with Gasteiger partial charge >= 0.3 is 0 Å². The fourth-order valence-corrected chi connectivity index (χ4v) is 3.86. The Hall–Kier alpha value is -3.33. The van der Waals surface area contributed by atoms with E-state index in [1.165, 1.54) is 16.7 Å². The molecule has 1 atom stereocenters. The predicted molar refractivity (Wildman–Crippen MR) is 117 cm³/mol. The summed E-state index contributed by atoms with van der Waals surface area (Å²) in [4.78, 5) is 14.6. The predicted octanol–water partition coefficient (Wildman–Crippen LogP) is 5.12. The number of hydrogen-bond donors (Lipinski definition) is 0. The Bertz CT molecular complexity index is 991. The molecule has 1 fully saturated rings. The lowest BCUT2D eigenvalue weighted by Gasteiger charge is -2.16. The van der Waals surface area contributed by atoms with Gasteiger partial charge in [-0.15, -0.1) is 0 Å². The smallest absolute Gasteiger partial charge is 0.249 e. The molecule has 0 bridgehead atoms. The molecule has 0 unspecified atom stereocenters. The van der Waals surface area contributed by atoms with Crippen LogP contribution in [0.2, 0.25) is 0 Å². The van der Waals surface area contributed by atoms with Crippen LogP contribution >= 0.6 is 0 Å². The quantitative estimate of drug-likeness (QED) is 0.553. The molecule has 0 radical (unpaired) electrons. The first-order chi connectivity index (χ1) is 14.1. The molecule has 146 valence electrons. The highest BCUT2D eigenvalue weighted by molar-refractivity contribution is 5.95. The van der Waals surface area contributed by atoms with Crippen molar-refractivity contribution in [3.63, 3.8) is 0 Å². The van der Waals surface area contributed by atoms with Gasteiger partial charge in [0.25, 0.3) is 0 Å². The molecule has 3 heteroatoms. The third kappa shape index (κ3) is 4.24. The number of carbonyl (C=O) groups excluding carboxylic acids is 1. The Labute approximate surface area is 172 Å². The number of hydrogen-bond acceptors (Lipinski definition) is 2. The maximum Gasteiger partial charge on any atom is 0.249 e. The molecule has 1 aliphatic heterocycles. The Balaban J connectivity index is 1.41. The number of ether oxygens (including phenoxy) is 1. The van der Waals surface area contributed by atoms with Crippen molar-refractivity contribution in [2.24, 2.45) is 5.92 Å². The van der Waals surface area contributed by atoms with Gasteiger partial charge in [-0.3, -0.25) is 4.79 Å². The van der Waals surface area contributed by atoms with E-state index in [-0.39, 0.29) is 11.8 Å². The van der Waals surface area contributed by atoms with Crippen molar-refractivity contribution < 1.29 is 9.53 Å². The zero-order valence-corrected chi connectivity index (χ0v) is 16.7. The summed E-state index contributed by atoms with van der Waals surface area (Å²) in [5.41, 5.74) is 5.46. The van der Waals surface area contributed by atoms with Crippen molar-refractivity contribution >= 4 is 5.91 Å². The normalized spacial score (nSPS) is 16.3. The van der Waals surface area contributed by atoms with Crippen LogP contribution in [0.4, 0.5) is 0 Å². The van der Waals surface area contributed by atoms with Crippen molar-refractivity contribution in [3.8, 4) is 16.9 Å². The molecule has 0 N–H and O–H groups in total. The van der Waals surface area contributed by atoms with Gasteiger partial charge < -0.3 is 9.64 Å². The monoisotopic (exact) mass is 383 g/mol. The fraction of sp³-hybridized carbons (Fsp3) is 0.192. The summed E-state index contributed by atoms with van der Waals surface area (Å²) < 4.78 is 5.20. The fourth-order valence-electron chi connectivity index (χ4n) is 3.86. The highest BCUT2D eigenvalue weighted by Gasteiger charge is 2.33. The minimum atomic E-state index is 0.0618. The SMILES string of the molecule is C=C1C(=O)N(Cc2ccc(OC)cc2)C[C@@H]1Cc1ccc(-c2ccccc2)cc1. The van der Waals surface area contributed by atoms with Crippen LogP contribution in [0, 0.1) is 5.92 Å². The van der Waals surface area contributed by atoms with Crippen LogP contribution in [0.25, 0.3) is 11.1 Å². The topological polar surface area (TPSA) is 29.5 Å². The van der Waals surface area contributed by atoms with Crippen molar-refractivity contribution in [2.75, 3.05) is 13.7 Å². The zero-order valence-electron chi connectivity index (χ0n) is 16.7. The second-order valence-electron chi connectivity index (χ2n) is 7.52. The summed E-state index contributed by atoms with van der Waals surface area (Å²) in [6.45, 7) is 5.40. The first-order valence-electron chi connectivity index (χ1n) is 9.89. The molecular formula is C26H25NO2. The third-order valence-electron chi connectivity index (χ3n) is 5.57. The molecule has 1 amide bonds. The molecule has 4 rings (SSSR count). The summed E-state index contributed by atoms with van der Waals surface area (Å²) in [5, 5.41) is 0. The average molecular weight is 383 g/mol. The lowest BCUT2D eigenvalue weighted by Crippen LogP contribution is -2.25. The third-order valence-corrected chi connectivity index (χ3v) is 5.57. The molecule has 0 aromatic heterocycles. The van der Waals surface area contributed by atoms with E-state index >= 15 is 0 Å². The molecule has 29 heavy (non-hydrogen) atoms. The number of methoxy groups -OCH3 is 1. The average Bonchev–Trinajstić information content (AvgIpc) is 3.03. The molecule has 1 aliphatic rings. The number of rotatable bonds is 6. The minimum absolute atomic E-state index is 0.0618. The molecule has 0 saturated carbocycles. The van der Waals surface area contributed by atoms with Crippen LogP contribution in [-0.4, -0.2) is 24.5 Å². The number of nitrogens with zero attached hydrogens (tertiary/aromatic N) is 1. The lowest BCUT2D eigenvalue weighted by atomic mass is 9.94. The van der Waals surface area contributed by atoms with Gasteiger partial charge in [0.1, 0.15) is 5.75 Å². The van der Waals surface area contributed by atoms with Gasteiger partial charge in [-0.05, 0) is 40.8 Å². The van der Waals surface area contributed by atoms with Crippen LogP contribution < -0.4 is 4.74 Å². The van der Waals surface area contributed by atoms with E-state index in [0.717, 1.165) is 17.7 Å². The van der Waals surface area contributed by atoms with Gasteiger partial charge in [-0.1, -0.05) is 73.3 Å². The van der Waals surface area contributed by atoms with Crippen LogP contribution in [0.1, 0.15) is 11.1 Å². The highest BCUT2D eigenvalue weighted by atomic mass is 16.5.